The first-order valence-corrected chi connectivity index (χ1v) is 9.25. The summed E-state index contributed by atoms with van der Waals surface area (Å²) in [5.74, 6) is 0.641. The van der Waals surface area contributed by atoms with Crippen molar-refractivity contribution in [2.24, 2.45) is 0 Å². The van der Waals surface area contributed by atoms with Crippen LogP contribution in [0.2, 0.25) is 0 Å². The summed E-state index contributed by atoms with van der Waals surface area (Å²) in [6.45, 7) is 2.04. The molecule has 2 heterocycles. The summed E-state index contributed by atoms with van der Waals surface area (Å²) in [7, 11) is 0. The highest BCUT2D eigenvalue weighted by molar-refractivity contribution is 6.24. The molecule has 29 heavy (non-hydrogen) atoms. The molecule has 0 unspecified atom stereocenters. The number of tetrazole rings is 1. The predicted molar refractivity (Wildman–Crippen MR) is 111 cm³/mol. The van der Waals surface area contributed by atoms with Crippen molar-refractivity contribution in [2.45, 2.75) is 13.3 Å². The van der Waals surface area contributed by atoms with Gasteiger partial charge in [-0.25, -0.2) is 0 Å². The average Bonchev–Trinajstić information content (AvgIpc) is 3.45. The summed E-state index contributed by atoms with van der Waals surface area (Å²) in [6.07, 6.45) is 3.96. The number of aromatic nitrogens is 4. The van der Waals surface area contributed by atoms with Crippen molar-refractivity contribution in [2.75, 3.05) is 5.32 Å². The molecule has 144 valence electrons. The van der Waals surface area contributed by atoms with Gasteiger partial charge in [-0.1, -0.05) is 55.5 Å². The molecule has 0 aliphatic heterocycles. The van der Waals surface area contributed by atoms with E-state index in [0.29, 0.717) is 11.6 Å². The highest BCUT2D eigenvalue weighted by Gasteiger charge is 2.20. The van der Waals surface area contributed by atoms with Gasteiger partial charge in [0.05, 0.1) is 6.26 Å². The number of amides is 1. The lowest BCUT2D eigenvalue weighted by Crippen LogP contribution is -2.20. The maximum absolute atomic E-state index is 13.3. The number of carbonyl (C=O) groups excluding carboxylic acids is 1. The summed E-state index contributed by atoms with van der Waals surface area (Å²) in [5, 5.41) is 14.9. The Labute approximate surface area is 167 Å². The van der Waals surface area contributed by atoms with Crippen molar-refractivity contribution >= 4 is 23.4 Å². The van der Waals surface area contributed by atoms with E-state index >= 15 is 0 Å². The van der Waals surface area contributed by atoms with Gasteiger partial charge in [0.1, 0.15) is 11.5 Å². The van der Waals surface area contributed by atoms with E-state index in [-0.39, 0.29) is 11.6 Å². The number of furan rings is 1. The molecule has 0 aliphatic carbocycles. The van der Waals surface area contributed by atoms with E-state index in [1.165, 1.54) is 4.68 Å². The van der Waals surface area contributed by atoms with Crippen molar-refractivity contribution in [1.29, 1.82) is 0 Å². The summed E-state index contributed by atoms with van der Waals surface area (Å²) in [6, 6.07) is 20.7. The largest absolute Gasteiger partial charge is 0.465 e. The maximum Gasteiger partial charge on any atom is 0.274 e. The van der Waals surface area contributed by atoms with Crippen molar-refractivity contribution in [3.8, 4) is 11.4 Å². The Morgan fingerprint density at radius 2 is 1.86 bits per heavy atom. The van der Waals surface area contributed by atoms with Crippen molar-refractivity contribution in [1.82, 2.24) is 20.2 Å². The Kier molecular flexibility index (Phi) is 5.29. The SMILES string of the molecule is CCc1ccccc1NC(=O)/C(=C/c1ccco1)n1nnnc1-c1ccccc1. The summed E-state index contributed by atoms with van der Waals surface area (Å²) >= 11 is 0. The minimum atomic E-state index is -0.341. The third-order valence-corrected chi connectivity index (χ3v) is 4.43. The van der Waals surface area contributed by atoms with Crippen LogP contribution < -0.4 is 5.32 Å². The number of para-hydroxylation sites is 1. The van der Waals surface area contributed by atoms with Gasteiger partial charge < -0.3 is 9.73 Å². The third-order valence-electron chi connectivity index (χ3n) is 4.43. The van der Waals surface area contributed by atoms with E-state index in [2.05, 4.69) is 20.8 Å². The molecule has 2 aromatic carbocycles. The Morgan fingerprint density at radius 1 is 1.07 bits per heavy atom. The van der Waals surface area contributed by atoms with Crippen LogP contribution in [0.5, 0.6) is 0 Å². The Balaban J connectivity index is 1.76. The van der Waals surface area contributed by atoms with Gasteiger partial charge in [0.15, 0.2) is 5.82 Å². The molecule has 1 amide bonds. The zero-order valence-corrected chi connectivity index (χ0v) is 15.8. The Bertz CT molecular complexity index is 1130. The molecule has 4 aromatic rings. The van der Waals surface area contributed by atoms with Crippen LogP contribution in [0.4, 0.5) is 5.69 Å². The second-order valence-corrected chi connectivity index (χ2v) is 6.29. The van der Waals surface area contributed by atoms with Gasteiger partial charge in [-0.05, 0) is 40.6 Å². The number of hydrogen-bond donors (Lipinski definition) is 1. The Morgan fingerprint density at radius 3 is 2.62 bits per heavy atom. The van der Waals surface area contributed by atoms with Gasteiger partial charge in [0.25, 0.3) is 5.91 Å². The first-order chi connectivity index (χ1) is 14.3. The molecule has 0 fully saturated rings. The van der Waals surface area contributed by atoms with Crippen LogP contribution >= 0.6 is 0 Å². The van der Waals surface area contributed by atoms with Crippen molar-refractivity contribution in [3.05, 3.63) is 84.3 Å². The normalized spacial score (nSPS) is 11.4. The standard InChI is InChI=1S/C22H19N5O2/c1-2-16-9-6-7-13-19(16)23-22(28)20(15-18-12-8-14-29-18)27-21(24-25-26-27)17-10-4-3-5-11-17/h3-15H,2H2,1H3,(H,23,28)/b20-15-. The van der Waals surface area contributed by atoms with Gasteiger partial charge >= 0.3 is 0 Å². The molecule has 7 nitrogen and oxygen atoms in total. The molecule has 2 aromatic heterocycles. The minimum Gasteiger partial charge on any atom is -0.465 e. The van der Waals surface area contributed by atoms with Crippen LogP contribution in [-0.4, -0.2) is 26.1 Å². The topological polar surface area (TPSA) is 85.8 Å². The zero-order chi connectivity index (χ0) is 20.1. The quantitative estimate of drug-likeness (QED) is 0.504. The molecule has 0 radical (unpaired) electrons. The minimum absolute atomic E-state index is 0.245. The van der Waals surface area contributed by atoms with Crippen molar-refractivity contribution < 1.29 is 9.21 Å². The molecule has 4 rings (SSSR count). The van der Waals surface area contributed by atoms with Gasteiger partial charge in [0, 0.05) is 17.3 Å². The van der Waals surface area contributed by atoms with E-state index in [0.717, 1.165) is 23.2 Å². The second kappa shape index (κ2) is 8.35. The molecular formula is C22H19N5O2. The van der Waals surface area contributed by atoms with Crippen LogP contribution in [0, 0.1) is 0 Å². The second-order valence-electron chi connectivity index (χ2n) is 6.29. The molecule has 0 atom stereocenters. The average molecular weight is 385 g/mol. The molecule has 0 saturated carbocycles. The molecule has 7 heteroatoms. The number of rotatable bonds is 6. The predicted octanol–water partition coefficient (Wildman–Crippen LogP) is 4.13. The van der Waals surface area contributed by atoms with Crippen LogP contribution in [0.25, 0.3) is 23.2 Å². The third kappa shape index (κ3) is 3.98. The number of anilines is 1. The van der Waals surface area contributed by atoms with Crippen LogP contribution in [0.3, 0.4) is 0 Å². The number of aryl methyl sites for hydroxylation is 1. The lowest BCUT2D eigenvalue weighted by molar-refractivity contribution is -0.111. The molecule has 0 aliphatic rings. The molecule has 0 bridgehead atoms. The summed E-state index contributed by atoms with van der Waals surface area (Å²) in [5.41, 5.74) is 2.83. The van der Waals surface area contributed by atoms with Crippen LogP contribution in [-0.2, 0) is 11.2 Å². The van der Waals surface area contributed by atoms with Gasteiger partial charge in [-0.3, -0.25) is 4.79 Å². The van der Waals surface area contributed by atoms with Gasteiger partial charge in [0.2, 0.25) is 0 Å². The first-order valence-electron chi connectivity index (χ1n) is 9.25. The number of benzene rings is 2. The smallest absolute Gasteiger partial charge is 0.274 e. The fourth-order valence-electron chi connectivity index (χ4n) is 2.98. The monoisotopic (exact) mass is 385 g/mol. The summed E-state index contributed by atoms with van der Waals surface area (Å²) in [4.78, 5) is 13.3. The number of nitrogens with zero attached hydrogens (tertiary/aromatic N) is 4. The highest BCUT2D eigenvalue weighted by atomic mass is 16.3. The van der Waals surface area contributed by atoms with E-state index in [1.807, 2.05) is 61.5 Å². The fraction of sp³-hybridized carbons (Fsp3) is 0.0909. The van der Waals surface area contributed by atoms with E-state index in [4.69, 9.17) is 4.42 Å². The zero-order valence-electron chi connectivity index (χ0n) is 15.8. The van der Waals surface area contributed by atoms with Gasteiger partial charge in [-0.15, -0.1) is 5.10 Å². The number of carbonyl (C=O) groups is 1. The Hall–Kier alpha value is -4.00. The van der Waals surface area contributed by atoms with E-state index < -0.39 is 0 Å². The van der Waals surface area contributed by atoms with E-state index in [9.17, 15) is 4.79 Å². The highest BCUT2D eigenvalue weighted by Crippen LogP contribution is 2.23. The molecule has 1 N–H and O–H groups in total. The summed E-state index contributed by atoms with van der Waals surface area (Å²) < 4.78 is 6.83. The van der Waals surface area contributed by atoms with Gasteiger partial charge in [-0.2, -0.15) is 4.68 Å². The number of nitrogens with one attached hydrogen (secondary N) is 1. The van der Waals surface area contributed by atoms with Crippen LogP contribution in [0.15, 0.2) is 77.4 Å². The first kappa shape index (κ1) is 18.4. The number of hydrogen-bond acceptors (Lipinski definition) is 5. The molecule has 0 saturated heterocycles. The fourth-order valence-corrected chi connectivity index (χ4v) is 2.98. The molecule has 0 spiro atoms. The van der Waals surface area contributed by atoms with Crippen LogP contribution in [0.1, 0.15) is 18.2 Å². The molecular weight excluding hydrogens is 366 g/mol. The van der Waals surface area contributed by atoms with E-state index in [1.54, 1.807) is 24.5 Å². The maximum atomic E-state index is 13.3. The lowest BCUT2D eigenvalue weighted by atomic mass is 10.1. The van der Waals surface area contributed by atoms with Crippen molar-refractivity contribution in [3.63, 3.8) is 0 Å². The lowest BCUT2D eigenvalue weighted by Gasteiger charge is -2.12.